The highest BCUT2D eigenvalue weighted by Gasteiger charge is 2.06. The maximum Gasteiger partial charge on any atom is 0.203 e. The van der Waals surface area contributed by atoms with Crippen LogP contribution in [-0.2, 0) is 0 Å². The van der Waals surface area contributed by atoms with E-state index >= 15 is 0 Å². The second-order valence-electron chi connectivity index (χ2n) is 5.50. The fraction of sp³-hybridized carbons (Fsp3) is 0.333. The molecular formula is C15H19N3OS. The SMILES string of the molecule is COc1ccc(-c2csc(N/N=C/C(C)(C)C)n2)cc1. The molecule has 0 aliphatic carbocycles. The molecule has 0 bridgehead atoms. The summed E-state index contributed by atoms with van der Waals surface area (Å²) in [4.78, 5) is 4.51. The van der Waals surface area contributed by atoms with Crippen molar-refractivity contribution in [1.82, 2.24) is 4.98 Å². The van der Waals surface area contributed by atoms with Crippen LogP contribution in [-0.4, -0.2) is 18.3 Å². The summed E-state index contributed by atoms with van der Waals surface area (Å²) in [6.07, 6.45) is 1.88. The van der Waals surface area contributed by atoms with Gasteiger partial charge in [0.15, 0.2) is 0 Å². The van der Waals surface area contributed by atoms with Crippen molar-refractivity contribution in [1.29, 1.82) is 0 Å². The summed E-state index contributed by atoms with van der Waals surface area (Å²) in [5.41, 5.74) is 5.03. The lowest BCUT2D eigenvalue weighted by Gasteiger charge is -2.09. The Hall–Kier alpha value is -1.88. The van der Waals surface area contributed by atoms with E-state index in [0.29, 0.717) is 0 Å². The molecule has 5 heteroatoms. The van der Waals surface area contributed by atoms with Gasteiger partial charge < -0.3 is 4.74 Å². The van der Waals surface area contributed by atoms with Crippen LogP contribution in [0.4, 0.5) is 5.13 Å². The van der Waals surface area contributed by atoms with Crippen LogP contribution in [0.15, 0.2) is 34.7 Å². The molecule has 0 spiro atoms. The lowest BCUT2D eigenvalue weighted by atomic mass is 9.99. The van der Waals surface area contributed by atoms with Crippen molar-refractivity contribution in [2.75, 3.05) is 12.5 Å². The number of hydrazone groups is 1. The van der Waals surface area contributed by atoms with Crippen LogP contribution in [0.3, 0.4) is 0 Å². The van der Waals surface area contributed by atoms with E-state index in [1.807, 2.05) is 35.9 Å². The highest BCUT2D eigenvalue weighted by atomic mass is 32.1. The van der Waals surface area contributed by atoms with Crippen molar-refractivity contribution < 1.29 is 4.74 Å². The van der Waals surface area contributed by atoms with Crippen LogP contribution in [0.1, 0.15) is 20.8 Å². The van der Waals surface area contributed by atoms with Gasteiger partial charge in [-0.05, 0) is 29.7 Å². The van der Waals surface area contributed by atoms with Crippen LogP contribution in [0.5, 0.6) is 5.75 Å². The van der Waals surface area contributed by atoms with E-state index in [2.05, 4.69) is 36.3 Å². The molecule has 0 saturated carbocycles. The largest absolute Gasteiger partial charge is 0.497 e. The number of nitrogens with one attached hydrogen (secondary N) is 1. The van der Waals surface area contributed by atoms with Crippen LogP contribution >= 0.6 is 11.3 Å². The van der Waals surface area contributed by atoms with E-state index in [1.165, 1.54) is 11.3 Å². The molecule has 106 valence electrons. The van der Waals surface area contributed by atoms with Gasteiger partial charge >= 0.3 is 0 Å². The molecule has 0 fully saturated rings. The maximum absolute atomic E-state index is 5.15. The Morgan fingerprint density at radius 2 is 1.95 bits per heavy atom. The number of ether oxygens (including phenoxy) is 1. The van der Waals surface area contributed by atoms with Crippen LogP contribution in [0.2, 0.25) is 0 Å². The first-order chi connectivity index (χ1) is 9.48. The number of benzene rings is 1. The van der Waals surface area contributed by atoms with E-state index in [-0.39, 0.29) is 5.41 Å². The number of nitrogens with zero attached hydrogens (tertiary/aromatic N) is 2. The minimum atomic E-state index is 0.0586. The van der Waals surface area contributed by atoms with E-state index in [4.69, 9.17) is 4.74 Å². The third-order valence-electron chi connectivity index (χ3n) is 2.50. The zero-order valence-corrected chi connectivity index (χ0v) is 13.0. The third-order valence-corrected chi connectivity index (χ3v) is 3.25. The van der Waals surface area contributed by atoms with Gasteiger partial charge in [0.05, 0.1) is 12.8 Å². The molecule has 1 aromatic carbocycles. The molecule has 0 unspecified atom stereocenters. The summed E-state index contributed by atoms with van der Waals surface area (Å²) in [5, 5.41) is 7.00. The fourth-order valence-electron chi connectivity index (χ4n) is 1.50. The van der Waals surface area contributed by atoms with E-state index < -0.39 is 0 Å². The van der Waals surface area contributed by atoms with Crippen LogP contribution in [0.25, 0.3) is 11.3 Å². The number of hydrogen-bond donors (Lipinski definition) is 1. The quantitative estimate of drug-likeness (QED) is 0.675. The highest BCUT2D eigenvalue weighted by Crippen LogP contribution is 2.26. The number of aromatic nitrogens is 1. The van der Waals surface area contributed by atoms with Crippen molar-refractivity contribution in [3.8, 4) is 17.0 Å². The van der Waals surface area contributed by atoms with Crippen molar-refractivity contribution in [3.05, 3.63) is 29.6 Å². The van der Waals surface area contributed by atoms with Gasteiger partial charge in [-0.25, -0.2) is 4.98 Å². The average Bonchev–Trinajstić information content (AvgIpc) is 2.86. The smallest absolute Gasteiger partial charge is 0.203 e. The van der Waals surface area contributed by atoms with Crippen molar-refractivity contribution in [2.24, 2.45) is 10.5 Å². The van der Waals surface area contributed by atoms with Gasteiger partial charge in [0.2, 0.25) is 5.13 Å². The third kappa shape index (κ3) is 4.06. The van der Waals surface area contributed by atoms with Crippen molar-refractivity contribution >= 4 is 22.7 Å². The zero-order valence-electron chi connectivity index (χ0n) is 12.2. The predicted octanol–water partition coefficient (Wildman–Crippen LogP) is 4.26. The first kappa shape index (κ1) is 14.5. The van der Waals surface area contributed by atoms with E-state index in [0.717, 1.165) is 22.1 Å². The van der Waals surface area contributed by atoms with Gasteiger partial charge in [0.25, 0.3) is 0 Å². The standard InChI is InChI=1S/C15H19N3OS/c1-15(2,3)10-16-18-14-17-13(9-20-14)11-5-7-12(19-4)8-6-11/h5-10H,1-4H3,(H,17,18)/b16-10+. The number of thiazole rings is 1. The molecule has 0 radical (unpaired) electrons. The molecule has 20 heavy (non-hydrogen) atoms. The number of methoxy groups -OCH3 is 1. The molecule has 4 nitrogen and oxygen atoms in total. The van der Waals surface area contributed by atoms with Gasteiger partial charge in [-0.1, -0.05) is 20.8 Å². The van der Waals surface area contributed by atoms with E-state index in [9.17, 15) is 0 Å². The minimum absolute atomic E-state index is 0.0586. The maximum atomic E-state index is 5.15. The molecule has 0 atom stereocenters. The van der Waals surface area contributed by atoms with Crippen LogP contribution < -0.4 is 10.2 Å². The lowest BCUT2D eigenvalue weighted by molar-refractivity contribution is 0.415. The molecule has 1 N–H and O–H groups in total. The Kier molecular flexibility index (Phi) is 4.39. The highest BCUT2D eigenvalue weighted by molar-refractivity contribution is 7.14. The summed E-state index contributed by atoms with van der Waals surface area (Å²) in [7, 11) is 1.66. The first-order valence-electron chi connectivity index (χ1n) is 6.38. The molecule has 1 aromatic heterocycles. The molecule has 1 heterocycles. The van der Waals surface area contributed by atoms with Gasteiger partial charge in [-0.2, -0.15) is 5.10 Å². The molecule has 0 aliphatic rings. The Morgan fingerprint density at radius 1 is 1.25 bits per heavy atom. The molecule has 0 saturated heterocycles. The Labute approximate surface area is 123 Å². The van der Waals surface area contributed by atoms with Crippen molar-refractivity contribution in [3.63, 3.8) is 0 Å². The molecule has 0 amide bonds. The molecule has 2 rings (SSSR count). The Balaban J connectivity index is 2.06. The number of anilines is 1. The Morgan fingerprint density at radius 3 is 2.55 bits per heavy atom. The molecular weight excluding hydrogens is 270 g/mol. The van der Waals surface area contributed by atoms with Gasteiger partial charge in [-0.3, -0.25) is 5.43 Å². The number of rotatable bonds is 4. The number of hydrogen-bond acceptors (Lipinski definition) is 5. The molecule has 2 aromatic rings. The predicted molar refractivity (Wildman–Crippen MR) is 85.7 cm³/mol. The monoisotopic (exact) mass is 289 g/mol. The summed E-state index contributed by atoms with van der Waals surface area (Å²) in [6.45, 7) is 6.30. The zero-order chi connectivity index (χ0) is 14.6. The topological polar surface area (TPSA) is 46.5 Å². The molecule has 0 aliphatic heterocycles. The summed E-state index contributed by atoms with van der Waals surface area (Å²) in [6, 6.07) is 7.85. The van der Waals surface area contributed by atoms with Gasteiger partial charge in [0, 0.05) is 17.2 Å². The van der Waals surface area contributed by atoms with Crippen molar-refractivity contribution in [2.45, 2.75) is 20.8 Å². The lowest BCUT2D eigenvalue weighted by Crippen LogP contribution is -2.07. The summed E-state index contributed by atoms with van der Waals surface area (Å²) >= 11 is 1.54. The van der Waals surface area contributed by atoms with Gasteiger partial charge in [0.1, 0.15) is 5.75 Å². The minimum Gasteiger partial charge on any atom is -0.497 e. The first-order valence-corrected chi connectivity index (χ1v) is 7.26. The summed E-state index contributed by atoms with van der Waals surface area (Å²) in [5.74, 6) is 0.845. The Bertz CT molecular complexity index is 582. The summed E-state index contributed by atoms with van der Waals surface area (Å²) < 4.78 is 5.15. The van der Waals surface area contributed by atoms with Gasteiger partial charge in [-0.15, -0.1) is 11.3 Å². The second-order valence-corrected chi connectivity index (χ2v) is 6.36. The van der Waals surface area contributed by atoms with E-state index in [1.54, 1.807) is 7.11 Å². The second kappa shape index (κ2) is 6.05. The normalized spacial score (nSPS) is 11.8. The van der Waals surface area contributed by atoms with Crippen LogP contribution in [0, 0.1) is 5.41 Å². The fourth-order valence-corrected chi connectivity index (χ4v) is 2.17. The average molecular weight is 289 g/mol.